The average molecular weight is 387 g/mol. The lowest BCUT2D eigenvalue weighted by molar-refractivity contribution is 0.0398. The summed E-state index contributed by atoms with van der Waals surface area (Å²) in [5.74, 6) is 3.78. The van der Waals surface area contributed by atoms with Gasteiger partial charge >= 0.3 is 0 Å². The van der Waals surface area contributed by atoms with Crippen molar-refractivity contribution in [3.8, 4) is 11.5 Å². The summed E-state index contributed by atoms with van der Waals surface area (Å²) in [6.07, 6.45) is 0. The maximum atomic E-state index is 5.38. The number of hydrogen-bond donors (Lipinski definition) is 2. The monoisotopic (exact) mass is 387 g/mol. The van der Waals surface area contributed by atoms with E-state index >= 15 is 0 Å². The second-order valence-electron chi connectivity index (χ2n) is 6.61. The molecule has 0 saturated carbocycles. The molecule has 1 aliphatic rings. The van der Waals surface area contributed by atoms with Crippen LogP contribution in [-0.4, -0.2) is 68.5 Å². The van der Waals surface area contributed by atoms with Crippen molar-refractivity contribution in [3.05, 3.63) is 35.7 Å². The lowest BCUT2D eigenvalue weighted by Gasteiger charge is -2.26. The van der Waals surface area contributed by atoms with Crippen LogP contribution in [0.2, 0.25) is 0 Å². The molecule has 0 aliphatic carbocycles. The molecule has 0 radical (unpaired) electrons. The van der Waals surface area contributed by atoms with Crippen LogP contribution in [0.5, 0.6) is 11.5 Å². The molecule has 1 saturated heterocycles. The smallest absolute Gasteiger partial charge is 0.161 e. The van der Waals surface area contributed by atoms with E-state index in [1.54, 1.807) is 14.2 Å². The first kappa shape index (κ1) is 20.2. The highest BCUT2D eigenvalue weighted by Gasteiger charge is 2.10. The maximum absolute atomic E-state index is 5.38. The van der Waals surface area contributed by atoms with Gasteiger partial charge in [0.15, 0.2) is 11.5 Å². The van der Waals surface area contributed by atoms with Gasteiger partial charge < -0.3 is 24.8 Å². The van der Waals surface area contributed by atoms with Crippen molar-refractivity contribution in [2.45, 2.75) is 13.5 Å². The standard InChI is InChI=1S/C20H29N5O3/c1-15-23-19(21-6-7-25-8-10-28-11-9-25)13-20(24-15)22-14-16-4-5-17(26-2)18(12-16)27-3/h4-5,12-13H,6-11,14H2,1-3H3,(H2,21,22,23,24). The Kier molecular flexibility index (Phi) is 7.27. The van der Waals surface area contributed by atoms with Gasteiger partial charge in [0.2, 0.25) is 0 Å². The van der Waals surface area contributed by atoms with Crippen LogP contribution in [0, 0.1) is 6.92 Å². The van der Waals surface area contributed by atoms with Gasteiger partial charge in [-0.3, -0.25) is 4.90 Å². The van der Waals surface area contributed by atoms with Crippen molar-refractivity contribution in [2.75, 3.05) is 64.2 Å². The van der Waals surface area contributed by atoms with Gasteiger partial charge in [0, 0.05) is 38.8 Å². The van der Waals surface area contributed by atoms with Gasteiger partial charge in [0.1, 0.15) is 17.5 Å². The second kappa shape index (κ2) is 10.1. The van der Waals surface area contributed by atoms with Crippen LogP contribution in [0.3, 0.4) is 0 Å². The molecular weight excluding hydrogens is 358 g/mol. The van der Waals surface area contributed by atoms with Crippen molar-refractivity contribution in [1.82, 2.24) is 14.9 Å². The average Bonchev–Trinajstić information content (AvgIpc) is 2.72. The Balaban J connectivity index is 1.55. The summed E-state index contributed by atoms with van der Waals surface area (Å²) in [5, 5.41) is 6.75. The van der Waals surface area contributed by atoms with E-state index in [-0.39, 0.29) is 0 Å². The van der Waals surface area contributed by atoms with E-state index < -0.39 is 0 Å². The Hall–Kier alpha value is -2.58. The minimum absolute atomic E-state index is 0.629. The van der Waals surface area contributed by atoms with Crippen LogP contribution in [-0.2, 0) is 11.3 Å². The van der Waals surface area contributed by atoms with E-state index in [9.17, 15) is 0 Å². The SMILES string of the molecule is COc1ccc(CNc2cc(NCCN3CCOCC3)nc(C)n2)cc1OC. The molecule has 0 amide bonds. The predicted octanol–water partition coefficient (Wildman–Crippen LogP) is 2.16. The van der Waals surface area contributed by atoms with Crippen LogP contribution >= 0.6 is 0 Å². The molecule has 1 aromatic carbocycles. The Morgan fingerprint density at radius 2 is 1.71 bits per heavy atom. The van der Waals surface area contributed by atoms with E-state index in [2.05, 4.69) is 25.5 Å². The lowest BCUT2D eigenvalue weighted by Crippen LogP contribution is -2.39. The van der Waals surface area contributed by atoms with Crippen molar-refractivity contribution in [1.29, 1.82) is 0 Å². The summed E-state index contributed by atoms with van der Waals surface area (Å²) < 4.78 is 16.0. The van der Waals surface area contributed by atoms with Crippen LogP contribution in [0.25, 0.3) is 0 Å². The topological polar surface area (TPSA) is 80.8 Å². The van der Waals surface area contributed by atoms with Crippen molar-refractivity contribution in [3.63, 3.8) is 0 Å². The predicted molar refractivity (Wildman–Crippen MR) is 109 cm³/mol. The number of morpholine rings is 1. The molecule has 8 nitrogen and oxygen atoms in total. The molecule has 3 rings (SSSR count). The summed E-state index contributed by atoms with van der Waals surface area (Å²) in [4.78, 5) is 11.3. The van der Waals surface area contributed by atoms with E-state index in [4.69, 9.17) is 14.2 Å². The van der Waals surface area contributed by atoms with Gasteiger partial charge in [0.25, 0.3) is 0 Å². The number of nitrogens with zero attached hydrogens (tertiary/aromatic N) is 3. The van der Waals surface area contributed by atoms with E-state index in [1.807, 2.05) is 31.2 Å². The number of hydrogen-bond acceptors (Lipinski definition) is 8. The number of aryl methyl sites for hydroxylation is 1. The van der Waals surface area contributed by atoms with Gasteiger partial charge in [-0.15, -0.1) is 0 Å². The Morgan fingerprint density at radius 1 is 1.00 bits per heavy atom. The highest BCUT2D eigenvalue weighted by atomic mass is 16.5. The third-order valence-corrected chi connectivity index (χ3v) is 4.60. The molecule has 0 unspecified atom stereocenters. The quantitative estimate of drug-likeness (QED) is 0.678. The van der Waals surface area contributed by atoms with Crippen molar-refractivity contribution in [2.24, 2.45) is 0 Å². The summed E-state index contributed by atoms with van der Waals surface area (Å²) >= 11 is 0. The Bertz CT molecular complexity index is 766. The molecule has 1 aromatic heterocycles. The zero-order valence-electron chi connectivity index (χ0n) is 16.8. The van der Waals surface area contributed by atoms with E-state index in [0.29, 0.717) is 12.3 Å². The maximum Gasteiger partial charge on any atom is 0.161 e. The highest BCUT2D eigenvalue weighted by Crippen LogP contribution is 2.27. The Labute approximate surface area is 166 Å². The number of nitrogens with one attached hydrogen (secondary N) is 2. The lowest BCUT2D eigenvalue weighted by atomic mass is 10.2. The molecule has 0 spiro atoms. The molecule has 152 valence electrons. The van der Waals surface area contributed by atoms with Gasteiger partial charge in [-0.25, -0.2) is 9.97 Å². The number of aromatic nitrogens is 2. The molecule has 2 aromatic rings. The molecule has 28 heavy (non-hydrogen) atoms. The molecule has 1 aliphatic heterocycles. The fraction of sp³-hybridized carbons (Fsp3) is 0.500. The van der Waals surface area contributed by atoms with Gasteiger partial charge in [-0.1, -0.05) is 6.07 Å². The number of benzene rings is 1. The zero-order valence-corrected chi connectivity index (χ0v) is 16.8. The highest BCUT2D eigenvalue weighted by molar-refractivity contribution is 5.49. The summed E-state index contributed by atoms with van der Waals surface area (Å²) in [7, 11) is 3.27. The largest absolute Gasteiger partial charge is 0.493 e. The zero-order chi connectivity index (χ0) is 19.8. The molecule has 2 heterocycles. The van der Waals surface area contributed by atoms with Gasteiger partial charge in [-0.2, -0.15) is 0 Å². The number of methoxy groups -OCH3 is 2. The molecule has 2 N–H and O–H groups in total. The summed E-state index contributed by atoms with van der Waals surface area (Å²) in [5.41, 5.74) is 1.08. The molecule has 8 heteroatoms. The summed E-state index contributed by atoms with van der Waals surface area (Å²) in [6.45, 7) is 7.95. The third-order valence-electron chi connectivity index (χ3n) is 4.60. The number of rotatable bonds is 9. The second-order valence-corrected chi connectivity index (χ2v) is 6.61. The van der Waals surface area contributed by atoms with Crippen molar-refractivity contribution >= 4 is 11.6 Å². The minimum atomic E-state index is 0.629. The number of ether oxygens (including phenoxy) is 3. The fourth-order valence-corrected chi connectivity index (χ4v) is 3.10. The van der Waals surface area contributed by atoms with Crippen molar-refractivity contribution < 1.29 is 14.2 Å². The first-order valence-electron chi connectivity index (χ1n) is 9.52. The molecular formula is C20H29N5O3. The molecule has 0 bridgehead atoms. The minimum Gasteiger partial charge on any atom is -0.493 e. The van der Waals surface area contributed by atoms with Crippen LogP contribution in [0.1, 0.15) is 11.4 Å². The first-order chi connectivity index (χ1) is 13.7. The summed E-state index contributed by atoms with van der Waals surface area (Å²) in [6, 6.07) is 7.80. The van der Waals surface area contributed by atoms with Crippen LogP contribution in [0.15, 0.2) is 24.3 Å². The fourth-order valence-electron chi connectivity index (χ4n) is 3.10. The molecule has 0 atom stereocenters. The third kappa shape index (κ3) is 5.71. The van der Waals surface area contributed by atoms with E-state index in [1.165, 1.54) is 0 Å². The normalized spacial score (nSPS) is 14.5. The van der Waals surface area contributed by atoms with Crippen LogP contribution in [0.4, 0.5) is 11.6 Å². The van der Waals surface area contributed by atoms with E-state index in [0.717, 1.165) is 68.2 Å². The molecule has 1 fully saturated rings. The number of anilines is 2. The van der Waals surface area contributed by atoms with Gasteiger partial charge in [-0.05, 0) is 24.6 Å². The van der Waals surface area contributed by atoms with Crippen LogP contribution < -0.4 is 20.1 Å². The van der Waals surface area contributed by atoms with Gasteiger partial charge in [0.05, 0.1) is 27.4 Å². The first-order valence-corrected chi connectivity index (χ1v) is 9.52. The Morgan fingerprint density at radius 3 is 2.43 bits per heavy atom.